The highest BCUT2D eigenvalue weighted by atomic mass is 16.5. The molecule has 7 heteroatoms. The number of rotatable bonds is 6. The fourth-order valence-electron chi connectivity index (χ4n) is 2.58. The SMILES string of the molecule is C=CC(/C=N/Nc1cc(N2CCOCC2)n2nccc2n1)=C\C(=C)C. The summed E-state index contributed by atoms with van der Waals surface area (Å²) in [5.74, 6) is 1.63. The van der Waals surface area contributed by atoms with Gasteiger partial charge in [-0.15, -0.1) is 0 Å². The van der Waals surface area contributed by atoms with Gasteiger partial charge < -0.3 is 9.64 Å². The van der Waals surface area contributed by atoms with E-state index in [1.165, 1.54) is 0 Å². The van der Waals surface area contributed by atoms with Gasteiger partial charge in [-0.1, -0.05) is 30.9 Å². The number of allylic oxidation sites excluding steroid dienone is 4. The summed E-state index contributed by atoms with van der Waals surface area (Å²) in [7, 11) is 0. The molecule has 0 spiro atoms. The summed E-state index contributed by atoms with van der Waals surface area (Å²) >= 11 is 0. The van der Waals surface area contributed by atoms with E-state index in [0.717, 1.165) is 35.7 Å². The van der Waals surface area contributed by atoms with Gasteiger partial charge in [-0.2, -0.15) is 14.7 Å². The predicted octanol–water partition coefficient (Wildman–Crippen LogP) is 2.65. The molecule has 0 amide bonds. The summed E-state index contributed by atoms with van der Waals surface area (Å²) in [5, 5.41) is 8.62. The van der Waals surface area contributed by atoms with Crippen LogP contribution in [-0.2, 0) is 4.74 Å². The molecule has 1 N–H and O–H groups in total. The number of hydrogen-bond donors (Lipinski definition) is 1. The van der Waals surface area contributed by atoms with Gasteiger partial charge in [-0.25, -0.2) is 4.98 Å². The fourth-order valence-corrected chi connectivity index (χ4v) is 2.58. The van der Waals surface area contributed by atoms with Crippen LogP contribution in [0.25, 0.3) is 5.65 Å². The minimum absolute atomic E-state index is 0.657. The Morgan fingerprint density at radius 1 is 1.40 bits per heavy atom. The first kappa shape index (κ1) is 16.9. The van der Waals surface area contributed by atoms with Gasteiger partial charge in [0.25, 0.3) is 0 Å². The Balaban J connectivity index is 1.84. The molecule has 0 radical (unpaired) electrons. The quantitative estimate of drug-likeness (QED) is 0.498. The first-order valence-corrected chi connectivity index (χ1v) is 8.13. The van der Waals surface area contributed by atoms with Crippen LogP contribution in [-0.4, -0.2) is 47.1 Å². The standard InChI is InChI=1S/C18H22N6O/c1-4-15(11-14(2)3)13-19-22-16-12-18(23-7-9-25-10-8-23)24-17(21-16)5-6-20-24/h4-6,11-13H,1-2,7-10H2,3H3,(H,21,22)/b15-11+,19-13+. The minimum Gasteiger partial charge on any atom is -0.378 e. The summed E-state index contributed by atoms with van der Waals surface area (Å²) in [6.07, 6.45) is 7.07. The van der Waals surface area contributed by atoms with Crippen LogP contribution in [0.1, 0.15) is 6.92 Å². The lowest BCUT2D eigenvalue weighted by Crippen LogP contribution is -2.37. The largest absolute Gasteiger partial charge is 0.378 e. The van der Waals surface area contributed by atoms with E-state index in [9.17, 15) is 0 Å². The Bertz CT molecular complexity index is 829. The molecule has 2 aromatic rings. The summed E-state index contributed by atoms with van der Waals surface area (Å²) in [5.41, 5.74) is 5.57. The number of ether oxygens (including phenoxy) is 1. The molecule has 7 nitrogen and oxygen atoms in total. The monoisotopic (exact) mass is 338 g/mol. The molecule has 0 saturated carbocycles. The normalized spacial score (nSPS) is 15.7. The van der Waals surface area contributed by atoms with Crippen molar-refractivity contribution in [3.8, 4) is 0 Å². The van der Waals surface area contributed by atoms with E-state index in [0.29, 0.717) is 19.0 Å². The highest BCUT2D eigenvalue weighted by Gasteiger charge is 2.16. The number of morpholine rings is 1. The Morgan fingerprint density at radius 3 is 2.92 bits per heavy atom. The van der Waals surface area contributed by atoms with E-state index in [-0.39, 0.29) is 0 Å². The van der Waals surface area contributed by atoms with Crippen molar-refractivity contribution in [3.63, 3.8) is 0 Å². The van der Waals surface area contributed by atoms with Crippen LogP contribution in [0.5, 0.6) is 0 Å². The number of anilines is 2. The molecule has 130 valence electrons. The zero-order chi connectivity index (χ0) is 17.6. The highest BCUT2D eigenvalue weighted by molar-refractivity contribution is 5.83. The second-order valence-electron chi connectivity index (χ2n) is 5.77. The fraction of sp³-hybridized carbons (Fsp3) is 0.278. The van der Waals surface area contributed by atoms with Crippen molar-refractivity contribution >= 4 is 23.5 Å². The van der Waals surface area contributed by atoms with Crippen molar-refractivity contribution in [3.05, 3.63) is 54.8 Å². The molecule has 0 aliphatic carbocycles. The molecule has 0 unspecified atom stereocenters. The smallest absolute Gasteiger partial charge is 0.159 e. The topological polar surface area (TPSA) is 67.0 Å². The van der Waals surface area contributed by atoms with Gasteiger partial charge in [0, 0.05) is 25.2 Å². The molecule has 1 fully saturated rings. The van der Waals surface area contributed by atoms with Gasteiger partial charge in [0.1, 0.15) is 5.82 Å². The van der Waals surface area contributed by atoms with Crippen molar-refractivity contribution in [2.75, 3.05) is 36.6 Å². The molecule has 0 bridgehead atoms. The molecule has 2 aromatic heterocycles. The van der Waals surface area contributed by atoms with Crippen molar-refractivity contribution in [1.29, 1.82) is 0 Å². The zero-order valence-corrected chi connectivity index (χ0v) is 14.4. The molecule has 3 rings (SSSR count). The molecule has 0 atom stereocenters. The first-order valence-electron chi connectivity index (χ1n) is 8.13. The molecule has 0 aromatic carbocycles. The third kappa shape index (κ3) is 4.13. The van der Waals surface area contributed by atoms with Crippen LogP contribution in [0.3, 0.4) is 0 Å². The van der Waals surface area contributed by atoms with Crippen molar-refractivity contribution in [2.45, 2.75) is 6.92 Å². The lowest BCUT2D eigenvalue weighted by Gasteiger charge is -2.29. The maximum atomic E-state index is 5.43. The molecule has 1 aliphatic rings. The van der Waals surface area contributed by atoms with Crippen molar-refractivity contribution in [1.82, 2.24) is 14.6 Å². The van der Waals surface area contributed by atoms with Crippen LogP contribution in [0.2, 0.25) is 0 Å². The van der Waals surface area contributed by atoms with Gasteiger partial charge in [0.15, 0.2) is 11.5 Å². The van der Waals surface area contributed by atoms with Crippen LogP contribution in [0.4, 0.5) is 11.6 Å². The maximum Gasteiger partial charge on any atom is 0.159 e. The van der Waals surface area contributed by atoms with Crippen molar-refractivity contribution in [2.24, 2.45) is 5.10 Å². The number of hydrogen-bond acceptors (Lipinski definition) is 6. The molecule has 25 heavy (non-hydrogen) atoms. The minimum atomic E-state index is 0.657. The molecular formula is C18H22N6O. The zero-order valence-electron chi connectivity index (χ0n) is 14.4. The maximum absolute atomic E-state index is 5.43. The molecule has 1 aliphatic heterocycles. The third-order valence-electron chi connectivity index (χ3n) is 3.72. The lowest BCUT2D eigenvalue weighted by molar-refractivity contribution is 0.122. The average molecular weight is 338 g/mol. The number of nitrogens with zero attached hydrogens (tertiary/aromatic N) is 5. The van der Waals surface area contributed by atoms with E-state index in [2.05, 4.69) is 38.7 Å². The summed E-state index contributed by atoms with van der Waals surface area (Å²) in [4.78, 5) is 6.76. The lowest BCUT2D eigenvalue weighted by atomic mass is 10.2. The average Bonchev–Trinajstić information content (AvgIpc) is 3.09. The van der Waals surface area contributed by atoms with Crippen LogP contribution < -0.4 is 10.3 Å². The third-order valence-corrected chi connectivity index (χ3v) is 3.72. The van der Waals surface area contributed by atoms with Crippen LogP contribution >= 0.6 is 0 Å². The number of nitrogens with one attached hydrogen (secondary N) is 1. The van der Waals surface area contributed by atoms with Gasteiger partial charge in [0.05, 0.1) is 25.6 Å². The van der Waals surface area contributed by atoms with E-state index >= 15 is 0 Å². The number of hydrazone groups is 1. The molecule has 3 heterocycles. The highest BCUT2D eigenvalue weighted by Crippen LogP contribution is 2.20. The Morgan fingerprint density at radius 2 is 2.20 bits per heavy atom. The first-order chi connectivity index (χ1) is 12.2. The Hall–Kier alpha value is -2.93. The Labute approximate surface area is 147 Å². The van der Waals surface area contributed by atoms with E-state index < -0.39 is 0 Å². The summed E-state index contributed by atoms with van der Waals surface area (Å²) < 4.78 is 7.26. The second-order valence-corrected chi connectivity index (χ2v) is 5.77. The van der Waals surface area contributed by atoms with Crippen LogP contribution in [0.15, 0.2) is 59.9 Å². The summed E-state index contributed by atoms with van der Waals surface area (Å²) in [6.45, 7) is 12.6. The van der Waals surface area contributed by atoms with Crippen molar-refractivity contribution < 1.29 is 4.74 Å². The van der Waals surface area contributed by atoms with E-state index in [1.807, 2.05) is 29.6 Å². The predicted molar refractivity (Wildman–Crippen MR) is 101 cm³/mol. The number of fused-ring (bicyclic) bond motifs is 1. The van der Waals surface area contributed by atoms with Gasteiger partial charge in [-0.05, 0) is 12.5 Å². The second kappa shape index (κ2) is 7.76. The van der Waals surface area contributed by atoms with E-state index in [4.69, 9.17) is 4.74 Å². The Kier molecular flexibility index (Phi) is 5.25. The summed E-state index contributed by atoms with van der Waals surface area (Å²) in [6, 6.07) is 3.81. The van der Waals surface area contributed by atoms with E-state index in [1.54, 1.807) is 18.5 Å². The molecule has 1 saturated heterocycles. The number of aromatic nitrogens is 3. The van der Waals surface area contributed by atoms with Crippen LogP contribution in [0, 0.1) is 0 Å². The van der Waals surface area contributed by atoms with Gasteiger partial charge in [0.2, 0.25) is 0 Å². The molecular weight excluding hydrogens is 316 g/mol. The van der Waals surface area contributed by atoms with Gasteiger partial charge in [-0.3, -0.25) is 5.43 Å². The van der Waals surface area contributed by atoms with Gasteiger partial charge >= 0.3 is 0 Å².